The lowest BCUT2D eigenvalue weighted by Gasteiger charge is -2.39. The van der Waals surface area contributed by atoms with Crippen LogP contribution in [0.2, 0.25) is 0 Å². The molecule has 1 aliphatic carbocycles. The molecule has 0 saturated heterocycles. The van der Waals surface area contributed by atoms with Crippen LogP contribution in [0.4, 0.5) is 0 Å². The lowest BCUT2D eigenvalue weighted by Crippen LogP contribution is -2.29. The number of hydrogen-bond acceptors (Lipinski definition) is 0. The van der Waals surface area contributed by atoms with Gasteiger partial charge in [0.1, 0.15) is 0 Å². The van der Waals surface area contributed by atoms with Crippen LogP contribution in [-0.2, 0) is 6.42 Å². The molecule has 2 unspecified atom stereocenters. The Labute approximate surface area is 244 Å². The Kier molecular flexibility index (Phi) is 45.5. The summed E-state index contributed by atoms with van der Waals surface area (Å²) in [5, 5.41) is 0. The summed E-state index contributed by atoms with van der Waals surface area (Å²) in [6.45, 7) is 43.8. The van der Waals surface area contributed by atoms with E-state index in [9.17, 15) is 0 Å². The van der Waals surface area contributed by atoms with E-state index >= 15 is 0 Å². The van der Waals surface area contributed by atoms with Crippen molar-refractivity contribution in [3.63, 3.8) is 0 Å². The van der Waals surface area contributed by atoms with E-state index in [-0.39, 0.29) is 7.43 Å². The smallest absolute Gasteiger partial charge is 0.0187 e. The van der Waals surface area contributed by atoms with E-state index in [1.54, 1.807) is 0 Å². The maximum Gasteiger partial charge on any atom is -0.0187 e. The molecule has 38 heavy (non-hydrogen) atoms. The van der Waals surface area contributed by atoms with Crippen molar-refractivity contribution in [3.8, 4) is 0 Å². The van der Waals surface area contributed by atoms with Crippen LogP contribution in [0, 0.1) is 24.2 Å². The molecule has 1 saturated carbocycles. The van der Waals surface area contributed by atoms with Crippen LogP contribution >= 0.6 is 0 Å². The second-order valence-corrected chi connectivity index (χ2v) is 9.70. The van der Waals surface area contributed by atoms with E-state index in [1.807, 2.05) is 52.8 Å². The topological polar surface area (TPSA) is 0 Å². The molecule has 0 aliphatic heterocycles. The van der Waals surface area contributed by atoms with Gasteiger partial charge in [-0.2, -0.15) is 0 Å². The number of aryl methyl sites for hydroxylation is 2. The van der Waals surface area contributed by atoms with Crippen LogP contribution in [0.1, 0.15) is 146 Å². The van der Waals surface area contributed by atoms with Crippen molar-refractivity contribution < 1.29 is 0 Å². The fourth-order valence-electron chi connectivity index (χ4n) is 3.68. The van der Waals surface area contributed by atoms with Crippen molar-refractivity contribution >= 4 is 5.57 Å². The second kappa shape index (κ2) is 35.2. The third kappa shape index (κ3) is 27.2. The zero-order valence-corrected chi connectivity index (χ0v) is 28.2. The van der Waals surface area contributed by atoms with Gasteiger partial charge < -0.3 is 0 Å². The molecule has 226 valence electrons. The van der Waals surface area contributed by atoms with Gasteiger partial charge in [-0.1, -0.05) is 146 Å². The third-order valence-corrected chi connectivity index (χ3v) is 6.06. The fourth-order valence-corrected chi connectivity index (χ4v) is 3.68. The maximum absolute atomic E-state index is 4.03. The van der Waals surface area contributed by atoms with Crippen molar-refractivity contribution in [2.45, 2.75) is 143 Å². The molecule has 1 aromatic rings. The number of benzene rings is 1. The van der Waals surface area contributed by atoms with Crippen LogP contribution < -0.4 is 0 Å². The van der Waals surface area contributed by atoms with E-state index in [4.69, 9.17) is 0 Å². The predicted molar refractivity (Wildman–Crippen MR) is 187 cm³/mol. The summed E-state index contributed by atoms with van der Waals surface area (Å²) in [6.07, 6.45) is 13.7. The fraction of sp³-hybridized carbons (Fsp3) is 0.632. The van der Waals surface area contributed by atoms with Gasteiger partial charge >= 0.3 is 0 Å². The van der Waals surface area contributed by atoms with E-state index in [1.165, 1.54) is 42.4 Å². The minimum atomic E-state index is 0. The Balaban J connectivity index is -0.0000000935. The Morgan fingerprint density at radius 2 is 1.42 bits per heavy atom. The summed E-state index contributed by atoms with van der Waals surface area (Å²) in [5.74, 6) is 1.90. The molecule has 0 spiro atoms. The molecule has 2 rings (SSSR count). The van der Waals surface area contributed by atoms with Gasteiger partial charge in [-0.05, 0) is 79.0 Å². The van der Waals surface area contributed by atoms with Gasteiger partial charge in [0.15, 0.2) is 0 Å². The molecule has 0 N–H and O–H groups in total. The lowest BCUT2D eigenvalue weighted by molar-refractivity contribution is 0.115. The Morgan fingerprint density at radius 1 is 0.974 bits per heavy atom. The molecule has 0 aromatic heterocycles. The quantitative estimate of drug-likeness (QED) is 0.268. The molecule has 0 heterocycles. The summed E-state index contributed by atoms with van der Waals surface area (Å²) >= 11 is 0. The highest BCUT2D eigenvalue weighted by molar-refractivity contribution is 5.72. The van der Waals surface area contributed by atoms with Crippen LogP contribution in [0.5, 0.6) is 0 Å². The van der Waals surface area contributed by atoms with Crippen LogP contribution in [0.15, 0.2) is 62.7 Å². The largest absolute Gasteiger partial charge is 0.106 e. The first kappa shape index (κ1) is 49.2. The molecular weight excluding hydrogens is 456 g/mol. The molecule has 0 radical (unpaired) electrons. The Hall–Kier alpha value is -1.82. The summed E-state index contributed by atoms with van der Waals surface area (Å²) in [6, 6.07) is 6.54. The summed E-state index contributed by atoms with van der Waals surface area (Å²) in [7, 11) is 0. The minimum absolute atomic E-state index is 0. The highest BCUT2D eigenvalue weighted by Gasteiger charge is 2.31. The summed E-state index contributed by atoms with van der Waals surface area (Å²) in [5.41, 5.74) is 5.70. The average molecular weight is 531 g/mol. The molecule has 0 bridgehead atoms. The predicted octanol–water partition coefficient (Wildman–Crippen LogP) is 14.1. The first-order valence-electron chi connectivity index (χ1n) is 15.1. The SMILES string of the molecule is C.C=C.C=C(/C=C\C)c1ccc(C)c(CC)c1.C=CCC.CC.CC.CC1CCC(C)C(C)(C)C1.CCC. The zero-order valence-electron chi connectivity index (χ0n) is 28.2. The number of hydrogen-bond donors (Lipinski definition) is 0. The average Bonchev–Trinajstić information content (AvgIpc) is 2.91. The van der Waals surface area contributed by atoms with Gasteiger partial charge in [0.25, 0.3) is 0 Å². The highest BCUT2D eigenvalue weighted by atomic mass is 14.4. The molecular formula is C38H74. The molecule has 0 amide bonds. The van der Waals surface area contributed by atoms with Gasteiger partial charge in [0.2, 0.25) is 0 Å². The number of rotatable bonds is 4. The van der Waals surface area contributed by atoms with Gasteiger partial charge in [-0.3, -0.25) is 0 Å². The minimum Gasteiger partial charge on any atom is -0.106 e. The Bertz CT molecular complexity index is 644. The third-order valence-electron chi connectivity index (χ3n) is 6.06. The van der Waals surface area contributed by atoms with Crippen LogP contribution in [0.3, 0.4) is 0 Å². The highest BCUT2D eigenvalue weighted by Crippen LogP contribution is 2.42. The second-order valence-electron chi connectivity index (χ2n) is 9.70. The molecule has 1 aromatic carbocycles. The zero-order chi connectivity index (χ0) is 30.4. The summed E-state index contributed by atoms with van der Waals surface area (Å²) in [4.78, 5) is 0. The molecule has 2 atom stereocenters. The van der Waals surface area contributed by atoms with Crippen molar-refractivity contribution in [1.29, 1.82) is 0 Å². The van der Waals surface area contributed by atoms with Crippen LogP contribution in [0.25, 0.3) is 5.57 Å². The molecule has 0 nitrogen and oxygen atoms in total. The monoisotopic (exact) mass is 531 g/mol. The van der Waals surface area contributed by atoms with Crippen molar-refractivity contribution in [1.82, 2.24) is 0 Å². The van der Waals surface area contributed by atoms with Gasteiger partial charge in [0, 0.05) is 0 Å². The van der Waals surface area contributed by atoms with E-state index < -0.39 is 0 Å². The van der Waals surface area contributed by atoms with E-state index in [0.717, 1.165) is 30.3 Å². The normalized spacial score (nSPS) is 15.9. The first-order valence-corrected chi connectivity index (χ1v) is 15.1. The standard InChI is InChI=1S/C14H18.C10H20.C4H8.C3H8.2C2H6.C2H4.CH4/c1-5-7-11(3)14-9-8-12(4)13(6-2)10-14;1-8-5-6-9(2)10(3,4)7-8;1-3-4-2;1-3-2;3*1-2;/h5,7-10H,3,6H2,1-2,4H3;8-9H,5-7H2,1-4H3;3H,1,4H2,2H3;3H2,1-2H3;2*1-2H3;1-2H2;1H4/b7-5-;;;;;;;. The van der Waals surface area contributed by atoms with Crippen molar-refractivity contribution in [2.75, 3.05) is 0 Å². The van der Waals surface area contributed by atoms with Gasteiger partial charge in [-0.15, -0.1) is 19.7 Å². The Morgan fingerprint density at radius 3 is 1.74 bits per heavy atom. The van der Waals surface area contributed by atoms with Gasteiger partial charge in [0.05, 0.1) is 0 Å². The van der Waals surface area contributed by atoms with Gasteiger partial charge in [-0.25, -0.2) is 0 Å². The van der Waals surface area contributed by atoms with E-state index in [0.29, 0.717) is 5.41 Å². The van der Waals surface area contributed by atoms with Crippen molar-refractivity contribution in [2.24, 2.45) is 17.3 Å². The maximum atomic E-state index is 4.03. The molecule has 1 aliphatic rings. The molecule has 0 heteroatoms. The van der Waals surface area contributed by atoms with E-state index in [2.05, 4.69) is 107 Å². The lowest BCUT2D eigenvalue weighted by atomic mass is 9.66. The summed E-state index contributed by atoms with van der Waals surface area (Å²) < 4.78 is 0. The number of allylic oxidation sites excluding steroid dienone is 4. The van der Waals surface area contributed by atoms with Crippen LogP contribution in [-0.4, -0.2) is 0 Å². The first-order chi connectivity index (χ1) is 17.5. The molecule has 1 fully saturated rings. The van der Waals surface area contributed by atoms with Crippen molar-refractivity contribution in [3.05, 3.63) is 79.4 Å².